The Bertz CT molecular complexity index is 362. The van der Waals surface area contributed by atoms with Gasteiger partial charge in [-0.3, -0.25) is 0 Å². The van der Waals surface area contributed by atoms with Crippen molar-refractivity contribution in [2.75, 3.05) is 26.3 Å². The number of carbonyl (C=O) groups is 1. The largest absolute Gasteiger partial charge is 0.444 e. The molecule has 0 aromatic heterocycles. The number of aliphatic hydroxyl groups is 1. The fourth-order valence-corrected chi connectivity index (χ4v) is 2.53. The highest BCUT2D eigenvalue weighted by Crippen LogP contribution is 2.35. The van der Waals surface area contributed by atoms with Crippen LogP contribution in [0.15, 0.2) is 0 Å². The molecule has 0 aromatic rings. The Balaban J connectivity index is 2.03. The van der Waals surface area contributed by atoms with Crippen LogP contribution >= 0.6 is 0 Å². The molecule has 0 aromatic carbocycles. The van der Waals surface area contributed by atoms with Crippen LogP contribution in [0.4, 0.5) is 4.79 Å². The van der Waals surface area contributed by atoms with Crippen molar-refractivity contribution in [1.82, 2.24) is 4.90 Å². The third-order valence-electron chi connectivity index (χ3n) is 3.78. The van der Waals surface area contributed by atoms with Gasteiger partial charge in [-0.05, 0) is 33.6 Å². The molecule has 6 nitrogen and oxygen atoms in total. The Morgan fingerprint density at radius 2 is 2.05 bits per heavy atom. The van der Waals surface area contributed by atoms with E-state index in [-0.39, 0.29) is 19.3 Å². The van der Waals surface area contributed by atoms with Gasteiger partial charge in [0.2, 0.25) is 0 Å². The number of hydrogen-bond donors (Lipinski definition) is 2. The monoisotopic (exact) mass is 272 g/mol. The lowest BCUT2D eigenvalue weighted by atomic mass is 9.73. The molecule has 110 valence electrons. The maximum absolute atomic E-state index is 12.1. The molecule has 2 aliphatic heterocycles. The predicted octanol–water partition coefficient (Wildman–Crippen LogP) is 0.476. The quantitative estimate of drug-likeness (QED) is 0.725. The number of hydrogen-bond acceptors (Lipinski definition) is 5. The van der Waals surface area contributed by atoms with E-state index in [2.05, 4.69) is 0 Å². The topological polar surface area (TPSA) is 85.0 Å². The number of rotatable bonds is 1. The van der Waals surface area contributed by atoms with E-state index in [1.165, 1.54) is 0 Å². The van der Waals surface area contributed by atoms with Gasteiger partial charge in [0.25, 0.3) is 0 Å². The number of amides is 1. The lowest BCUT2D eigenvalue weighted by Crippen LogP contribution is -2.75. The number of carbonyl (C=O) groups excluding carboxylic acids is 1. The molecule has 1 amide bonds. The van der Waals surface area contributed by atoms with E-state index in [9.17, 15) is 9.90 Å². The van der Waals surface area contributed by atoms with E-state index >= 15 is 0 Å². The molecule has 2 aliphatic rings. The zero-order valence-electron chi connectivity index (χ0n) is 11.9. The number of likely N-dealkylation sites (tertiary alicyclic amines) is 1. The Labute approximate surface area is 113 Å². The number of nitrogens with two attached hydrogens (primary N) is 1. The second-order valence-corrected chi connectivity index (χ2v) is 6.69. The zero-order chi connectivity index (χ0) is 14.3. The summed E-state index contributed by atoms with van der Waals surface area (Å²) >= 11 is 0. The summed E-state index contributed by atoms with van der Waals surface area (Å²) in [5.41, 5.74) is 3.96. The molecule has 0 saturated carbocycles. The van der Waals surface area contributed by atoms with Gasteiger partial charge in [-0.25, -0.2) is 4.79 Å². The van der Waals surface area contributed by atoms with Crippen molar-refractivity contribution < 1.29 is 19.4 Å². The van der Waals surface area contributed by atoms with Crippen molar-refractivity contribution in [3.8, 4) is 0 Å². The van der Waals surface area contributed by atoms with Crippen molar-refractivity contribution in [3.05, 3.63) is 0 Å². The molecule has 2 saturated heterocycles. The summed E-state index contributed by atoms with van der Waals surface area (Å²) in [4.78, 5) is 13.7. The Morgan fingerprint density at radius 1 is 1.42 bits per heavy atom. The first kappa shape index (κ1) is 14.6. The van der Waals surface area contributed by atoms with E-state index in [4.69, 9.17) is 15.2 Å². The Hall–Kier alpha value is -0.850. The lowest BCUT2D eigenvalue weighted by molar-refractivity contribution is -0.221. The fraction of sp³-hybridized carbons (Fsp3) is 0.923. The molecule has 6 heteroatoms. The summed E-state index contributed by atoms with van der Waals surface area (Å²) in [6.45, 7) is 6.90. The molecule has 0 spiro atoms. The van der Waals surface area contributed by atoms with Crippen molar-refractivity contribution in [1.29, 1.82) is 0 Å². The van der Waals surface area contributed by atoms with E-state index in [0.717, 1.165) is 6.42 Å². The van der Waals surface area contributed by atoms with Crippen LogP contribution in [-0.4, -0.2) is 59.1 Å². The van der Waals surface area contributed by atoms with Gasteiger partial charge in [0, 0.05) is 13.1 Å². The first-order valence-corrected chi connectivity index (χ1v) is 6.72. The normalized spacial score (nSPS) is 30.7. The highest BCUT2D eigenvalue weighted by molar-refractivity contribution is 5.68. The van der Waals surface area contributed by atoms with Gasteiger partial charge in [-0.1, -0.05) is 0 Å². The third kappa shape index (κ3) is 2.85. The van der Waals surface area contributed by atoms with E-state index < -0.39 is 16.7 Å². The summed E-state index contributed by atoms with van der Waals surface area (Å²) < 4.78 is 10.4. The Morgan fingerprint density at radius 3 is 2.53 bits per heavy atom. The molecular weight excluding hydrogens is 248 g/mol. The smallest absolute Gasteiger partial charge is 0.410 e. The molecule has 0 bridgehead atoms. The zero-order valence-corrected chi connectivity index (χ0v) is 11.9. The summed E-state index contributed by atoms with van der Waals surface area (Å²) in [5.74, 6) is 0. The van der Waals surface area contributed by atoms with E-state index in [0.29, 0.717) is 19.5 Å². The maximum atomic E-state index is 12.1. The van der Waals surface area contributed by atoms with E-state index in [1.54, 1.807) is 4.90 Å². The second kappa shape index (κ2) is 4.61. The van der Waals surface area contributed by atoms with Gasteiger partial charge in [0.15, 0.2) is 0 Å². The highest BCUT2D eigenvalue weighted by Gasteiger charge is 2.55. The summed E-state index contributed by atoms with van der Waals surface area (Å²) in [6.07, 6.45) is 1.08. The van der Waals surface area contributed by atoms with Gasteiger partial charge < -0.3 is 25.2 Å². The number of nitrogens with zero attached hydrogens (tertiary/aromatic N) is 1. The van der Waals surface area contributed by atoms with Gasteiger partial charge in [-0.2, -0.15) is 0 Å². The van der Waals surface area contributed by atoms with Crippen molar-refractivity contribution >= 4 is 6.09 Å². The molecule has 2 fully saturated rings. The molecule has 1 unspecified atom stereocenters. The van der Waals surface area contributed by atoms with E-state index in [1.807, 2.05) is 20.8 Å². The highest BCUT2D eigenvalue weighted by atomic mass is 16.6. The minimum absolute atomic E-state index is 0.242. The van der Waals surface area contributed by atoms with Crippen LogP contribution in [0.5, 0.6) is 0 Å². The second-order valence-electron chi connectivity index (χ2n) is 6.69. The summed E-state index contributed by atoms with van der Waals surface area (Å²) in [6, 6.07) is 0. The minimum Gasteiger partial charge on any atom is -0.444 e. The average Bonchev–Trinajstić information content (AvgIpc) is 2.23. The third-order valence-corrected chi connectivity index (χ3v) is 3.78. The van der Waals surface area contributed by atoms with Crippen molar-refractivity contribution in [2.24, 2.45) is 5.73 Å². The van der Waals surface area contributed by atoms with Gasteiger partial charge in [-0.15, -0.1) is 0 Å². The standard InChI is InChI=1S/C13H24N2O4/c1-11(2,3)19-10(16)15-6-4-5-12(14,7-15)13(17)8-18-9-13/h17H,4-9,14H2,1-3H3. The minimum atomic E-state index is -1.02. The fourth-order valence-electron chi connectivity index (χ4n) is 2.53. The lowest BCUT2D eigenvalue weighted by Gasteiger charge is -2.53. The first-order chi connectivity index (χ1) is 8.65. The van der Waals surface area contributed by atoms with Gasteiger partial charge >= 0.3 is 6.09 Å². The van der Waals surface area contributed by atoms with Crippen molar-refractivity contribution in [3.63, 3.8) is 0 Å². The first-order valence-electron chi connectivity index (χ1n) is 6.72. The molecular formula is C13H24N2O4. The van der Waals surface area contributed by atoms with Crippen LogP contribution in [-0.2, 0) is 9.47 Å². The molecule has 2 rings (SSSR count). The molecule has 0 aliphatic carbocycles. The van der Waals surface area contributed by atoms with Crippen LogP contribution in [0.25, 0.3) is 0 Å². The van der Waals surface area contributed by atoms with Crippen molar-refractivity contribution in [2.45, 2.75) is 50.4 Å². The molecule has 3 N–H and O–H groups in total. The maximum Gasteiger partial charge on any atom is 0.410 e. The summed E-state index contributed by atoms with van der Waals surface area (Å²) in [7, 11) is 0. The van der Waals surface area contributed by atoms with Crippen LogP contribution in [0.1, 0.15) is 33.6 Å². The van der Waals surface area contributed by atoms with Gasteiger partial charge in [0.05, 0.1) is 18.8 Å². The summed E-state index contributed by atoms with van der Waals surface area (Å²) in [5, 5.41) is 10.4. The molecule has 0 radical (unpaired) electrons. The van der Waals surface area contributed by atoms with Crippen LogP contribution in [0.3, 0.4) is 0 Å². The average molecular weight is 272 g/mol. The molecule has 2 heterocycles. The Kier molecular flexibility index (Phi) is 3.53. The number of ether oxygens (including phenoxy) is 2. The molecule has 19 heavy (non-hydrogen) atoms. The predicted molar refractivity (Wildman–Crippen MR) is 69.7 cm³/mol. The van der Waals surface area contributed by atoms with Crippen LogP contribution in [0, 0.1) is 0 Å². The van der Waals surface area contributed by atoms with Crippen LogP contribution < -0.4 is 5.73 Å². The number of piperidine rings is 1. The van der Waals surface area contributed by atoms with Crippen LogP contribution in [0.2, 0.25) is 0 Å². The van der Waals surface area contributed by atoms with Gasteiger partial charge in [0.1, 0.15) is 11.2 Å². The molecule has 1 atom stereocenters. The SMILES string of the molecule is CC(C)(C)OC(=O)N1CCCC(N)(C2(O)COC2)C1.